The van der Waals surface area contributed by atoms with Gasteiger partial charge < -0.3 is 9.32 Å². The fourth-order valence-corrected chi connectivity index (χ4v) is 4.91. The van der Waals surface area contributed by atoms with Gasteiger partial charge in [-0.2, -0.15) is 4.31 Å². The molecule has 1 aliphatic rings. The Balaban J connectivity index is 1.81. The third kappa shape index (κ3) is 3.52. The number of sulfonamides is 1. The number of furan rings is 1. The Morgan fingerprint density at radius 2 is 2.04 bits per heavy atom. The lowest BCUT2D eigenvalue weighted by Gasteiger charge is -2.27. The van der Waals surface area contributed by atoms with Crippen LogP contribution in [-0.4, -0.2) is 43.2 Å². The maximum absolute atomic E-state index is 14.0. The van der Waals surface area contributed by atoms with Crippen LogP contribution in [0.4, 0.5) is 4.39 Å². The second-order valence-electron chi connectivity index (χ2n) is 6.41. The molecular formula is C18H21FN2O4S. The Labute approximate surface area is 152 Å². The fraction of sp³-hybridized carbons (Fsp3) is 0.389. The van der Waals surface area contributed by atoms with E-state index in [9.17, 15) is 17.6 Å². The maximum atomic E-state index is 14.0. The summed E-state index contributed by atoms with van der Waals surface area (Å²) in [6.45, 7) is 2.25. The largest absolute Gasteiger partial charge is 0.464 e. The number of benzene rings is 1. The minimum absolute atomic E-state index is 0.195. The third-order valence-electron chi connectivity index (χ3n) is 4.48. The molecule has 0 radical (unpaired) electrons. The van der Waals surface area contributed by atoms with Crippen LogP contribution < -0.4 is 0 Å². The number of likely N-dealkylation sites (N-methyl/N-ethyl adjacent to an activating group) is 1. The topological polar surface area (TPSA) is 70.8 Å². The second-order valence-corrected chi connectivity index (χ2v) is 8.27. The maximum Gasteiger partial charge on any atom is 0.246 e. The highest BCUT2D eigenvalue weighted by Crippen LogP contribution is 2.28. The van der Waals surface area contributed by atoms with Gasteiger partial charge in [-0.05, 0) is 44.0 Å². The van der Waals surface area contributed by atoms with Crippen LogP contribution in [0.25, 0.3) is 0 Å². The number of carbonyl (C=O) groups excluding carboxylic acids is 1. The van der Waals surface area contributed by atoms with Gasteiger partial charge in [0.05, 0.1) is 6.54 Å². The predicted octanol–water partition coefficient (Wildman–Crippen LogP) is 2.54. The molecule has 1 atom stereocenters. The van der Waals surface area contributed by atoms with Gasteiger partial charge in [-0.15, -0.1) is 0 Å². The average molecular weight is 380 g/mol. The summed E-state index contributed by atoms with van der Waals surface area (Å²) in [7, 11) is -2.47. The lowest BCUT2D eigenvalue weighted by Crippen LogP contribution is -2.46. The van der Waals surface area contributed by atoms with E-state index in [1.165, 1.54) is 23.1 Å². The summed E-state index contributed by atoms with van der Waals surface area (Å²) in [6.07, 6.45) is 0.964. The predicted molar refractivity (Wildman–Crippen MR) is 93.2 cm³/mol. The number of nitrogens with zero attached hydrogens (tertiary/aromatic N) is 2. The highest BCUT2D eigenvalue weighted by atomic mass is 32.2. The molecule has 1 aromatic heterocycles. The summed E-state index contributed by atoms with van der Waals surface area (Å²) < 4.78 is 46.3. The Hall–Kier alpha value is -2.19. The lowest BCUT2D eigenvalue weighted by molar-refractivity contribution is -0.134. The van der Waals surface area contributed by atoms with E-state index in [-0.39, 0.29) is 19.0 Å². The second kappa shape index (κ2) is 7.20. The Morgan fingerprint density at radius 3 is 2.69 bits per heavy atom. The summed E-state index contributed by atoms with van der Waals surface area (Å²) in [6, 6.07) is 7.97. The quantitative estimate of drug-likeness (QED) is 0.799. The summed E-state index contributed by atoms with van der Waals surface area (Å²) in [5.74, 6) is 0.229. The van der Waals surface area contributed by atoms with Crippen LogP contribution >= 0.6 is 0 Å². The average Bonchev–Trinajstić information content (AvgIpc) is 3.23. The molecule has 1 aliphatic heterocycles. The minimum atomic E-state index is -4.08. The van der Waals surface area contributed by atoms with Crippen LogP contribution in [0, 0.1) is 12.7 Å². The highest BCUT2D eigenvalue weighted by molar-refractivity contribution is 7.89. The van der Waals surface area contributed by atoms with E-state index in [0.717, 1.165) is 16.1 Å². The number of carbonyl (C=O) groups is 1. The molecule has 6 nitrogen and oxygen atoms in total. The first-order chi connectivity index (χ1) is 12.3. The molecule has 0 bridgehead atoms. The third-order valence-corrected chi connectivity index (χ3v) is 6.42. The lowest BCUT2D eigenvalue weighted by atomic mass is 10.2. The first kappa shape index (κ1) is 18.6. The highest BCUT2D eigenvalue weighted by Gasteiger charge is 2.41. The molecule has 0 unspecified atom stereocenters. The standard InChI is InChI=1S/C18H21FN2O4S/c1-13-9-10-14(25-13)12-20(2)18(22)16-7-5-11-21(16)26(23,24)17-8-4-3-6-15(17)19/h3-4,6,8-10,16H,5,7,11-12H2,1-2H3/t16-/m0/s1. The van der Waals surface area contributed by atoms with Gasteiger partial charge in [0.2, 0.25) is 15.9 Å². The molecule has 140 valence electrons. The number of halogens is 1. The SMILES string of the molecule is Cc1ccc(CN(C)C(=O)[C@@H]2CCCN2S(=O)(=O)c2ccccc2F)o1. The Morgan fingerprint density at radius 1 is 1.31 bits per heavy atom. The molecule has 0 aliphatic carbocycles. The van der Waals surface area contributed by atoms with Crippen molar-refractivity contribution in [3.63, 3.8) is 0 Å². The first-order valence-electron chi connectivity index (χ1n) is 8.37. The van der Waals surface area contributed by atoms with E-state index < -0.39 is 26.8 Å². The first-order valence-corrected chi connectivity index (χ1v) is 9.81. The van der Waals surface area contributed by atoms with Crippen LogP contribution in [-0.2, 0) is 21.4 Å². The van der Waals surface area contributed by atoms with E-state index in [0.29, 0.717) is 18.6 Å². The number of aryl methyl sites for hydroxylation is 1. The Bertz CT molecular complexity index is 909. The molecule has 2 heterocycles. The van der Waals surface area contributed by atoms with Crippen LogP contribution in [0.2, 0.25) is 0 Å². The van der Waals surface area contributed by atoms with Crippen LogP contribution in [0.5, 0.6) is 0 Å². The van der Waals surface area contributed by atoms with Gasteiger partial charge in [-0.3, -0.25) is 4.79 Å². The molecular weight excluding hydrogens is 359 g/mol. The smallest absolute Gasteiger partial charge is 0.246 e. The number of hydrogen-bond donors (Lipinski definition) is 0. The summed E-state index contributed by atoms with van der Waals surface area (Å²) in [5, 5.41) is 0. The molecule has 26 heavy (non-hydrogen) atoms. The molecule has 1 fully saturated rings. The molecule has 1 saturated heterocycles. The summed E-state index contributed by atoms with van der Waals surface area (Å²) in [4.78, 5) is 13.9. The van der Waals surface area contributed by atoms with Crippen molar-refractivity contribution >= 4 is 15.9 Å². The van der Waals surface area contributed by atoms with E-state index >= 15 is 0 Å². The van der Waals surface area contributed by atoms with Gasteiger partial charge >= 0.3 is 0 Å². The Kier molecular flexibility index (Phi) is 5.15. The van der Waals surface area contributed by atoms with E-state index in [2.05, 4.69) is 0 Å². The van der Waals surface area contributed by atoms with Crippen LogP contribution in [0.15, 0.2) is 45.7 Å². The van der Waals surface area contributed by atoms with E-state index in [1.807, 2.05) is 6.92 Å². The van der Waals surface area contributed by atoms with Gasteiger partial charge in [-0.1, -0.05) is 12.1 Å². The molecule has 0 N–H and O–H groups in total. The van der Waals surface area contributed by atoms with Crippen LogP contribution in [0.3, 0.4) is 0 Å². The van der Waals surface area contributed by atoms with Crippen molar-refractivity contribution in [1.29, 1.82) is 0 Å². The van der Waals surface area contributed by atoms with Crippen molar-refractivity contribution in [3.05, 3.63) is 53.7 Å². The van der Waals surface area contributed by atoms with Gasteiger partial charge in [0.25, 0.3) is 0 Å². The van der Waals surface area contributed by atoms with Crippen molar-refractivity contribution in [1.82, 2.24) is 9.21 Å². The molecule has 0 saturated carbocycles. The number of rotatable bonds is 5. The molecule has 8 heteroatoms. The molecule has 2 aromatic rings. The van der Waals surface area contributed by atoms with Gasteiger partial charge in [0, 0.05) is 13.6 Å². The van der Waals surface area contributed by atoms with Crippen molar-refractivity contribution in [3.8, 4) is 0 Å². The zero-order valence-electron chi connectivity index (χ0n) is 14.7. The summed E-state index contributed by atoms with van der Waals surface area (Å²) >= 11 is 0. The zero-order valence-corrected chi connectivity index (χ0v) is 15.5. The normalized spacial score (nSPS) is 18.2. The van der Waals surface area contributed by atoms with Gasteiger partial charge in [-0.25, -0.2) is 12.8 Å². The zero-order chi connectivity index (χ0) is 18.9. The van der Waals surface area contributed by atoms with Gasteiger partial charge in [0.15, 0.2) is 0 Å². The van der Waals surface area contributed by atoms with E-state index in [4.69, 9.17) is 4.42 Å². The van der Waals surface area contributed by atoms with Crippen molar-refractivity contribution in [2.45, 2.75) is 37.2 Å². The van der Waals surface area contributed by atoms with Crippen molar-refractivity contribution in [2.75, 3.05) is 13.6 Å². The van der Waals surface area contributed by atoms with Crippen molar-refractivity contribution in [2.24, 2.45) is 0 Å². The van der Waals surface area contributed by atoms with E-state index in [1.54, 1.807) is 19.2 Å². The van der Waals surface area contributed by atoms with Crippen molar-refractivity contribution < 1.29 is 22.0 Å². The molecule has 1 amide bonds. The van der Waals surface area contributed by atoms with Crippen LogP contribution in [0.1, 0.15) is 24.4 Å². The number of hydrogen-bond acceptors (Lipinski definition) is 4. The fourth-order valence-electron chi connectivity index (χ4n) is 3.19. The molecule has 3 rings (SSSR count). The molecule has 1 aromatic carbocycles. The molecule has 0 spiro atoms. The number of amides is 1. The van der Waals surface area contributed by atoms with Gasteiger partial charge in [0.1, 0.15) is 28.3 Å². The minimum Gasteiger partial charge on any atom is -0.464 e. The summed E-state index contributed by atoms with van der Waals surface area (Å²) in [5.41, 5.74) is 0. The monoisotopic (exact) mass is 380 g/mol.